The number of thiophene rings is 1. The summed E-state index contributed by atoms with van der Waals surface area (Å²) in [5.41, 5.74) is 2.53. The molecule has 6 heteroatoms. The standard InChI is InChI=1S/C22H25N3O2S/c1-17-21(16-23-25(17)19-6-3-2-4-7-19)22(26)24(18-10-13-27-14-11-18)12-9-20-8-5-15-28-20/h2-8,15-16,18H,9-14H2,1H3. The van der Waals surface area contributed by atoms with Gasteiger partial charge in [-0.3, -0.25) is 4.79 Å². The molecule has 1 amide bonds. The number of carbonyl (C=O) groups excluding carboxylic acids is 1. The second-order valence-corrected chi connectivity index (χ2v) is 8.09. The zero-order valence-electron chi connectivity index (χ0n) is 16.1. The molecule has 3 aromatic rings. The maximum Gasteiger partial charge on any atom is 0.257 e. The molecular weight excluding hydrogens is 370 g/mol. The highest BCUT2D eigenvalue weighted by molar-refractivity contribution is 7.09. The number of nitrogens with zero attached hydrogens (tertiary/aromatic N) is 3. The van der Waals surface area contributed by atoms with Gasteiger partial charge >= 0.3 is 0 Å². The number of ether oxygens (including phenoxy) is 1. The topological polar surface area (TPSA) is 47.4 Å². The van der Waals surface area contributed by atoms with E-state index in [4.69, 9.17) is 4.74 Å². The molecule has 0 spiro atoms. The Morgan fingerprint density at radius 2 is 2.00 bits per heavy atom. The van der Waals surface area contributed by atoms with E-state index >= 15 is 0 Å². The fraction of sp³-hybridized carbons (Fsp3) is 0.364. The van der Waals surface area contributed by atoms with Crippen LogP contribution in [0.4, 0.5) is 0 Å². The molecule has 1 aliphatic heterocycles. The number of aromatic nitrogens is 2. The summed E-state index contributed by atoms with van der Waals surface area (Å²) in [6.07, 6.45) is 4.37. The fourth-order valence-corrected chi connectivity index (χ4v) is 4.43. The number of rotatable bonds is 6. The summed E-state index contributed by atoms with van der Waals surface area (Å²) in [6, 6.07) is 14.4. The fourth-order valence-electron chi connectivity index (χ4n) is 3.74. The van der Waals surface area contributed by atoms with Gasteiger partial charge in [-0.15, -0.1) is 11.3 Å². The molecule has 0 bridgehead atoms. The molecule has 3 heterocycles. The van der Waals surface area contributed by atoms with E-state index in [0.717, 1.165) is 50.4 Å². The van der Waals surface area contributed by atoms with Gasteiger partial charge in [-0.1, -0.05) is 24.3 Å². The number of hydrogen-bond donors (Lipinski definition) is 0. The van der Waals surface area contributed by atoms with Crippen molar-refractivity contribution in [2.75, 3.05) is 19.8 Å². The van der Waals surface area contributed by atoms with Crippen LogP contribution in [0, 0.1) is 6.92 Å². The highest BCUT2D eigenvalue weighted by atomic mass is 32.1. The van der Waals surface area contributed by atoms with Crippen LogP contribution in [0.15, 0.2) is 54.0 Å². The summed E-state index contributed by atoms with van der Waals surface area (Å²) < 4.78 is 7.36. The second-order valence-electron chi connectivity index (χ2n) is 7.06. The summed E-state index contributed by atoms with van der Waals surface area (Å²) in [5.74, 6) is 0.0723. The zero-order valence-corrected chi connectivity index (χ0v) is 16.9. The molecule has 5 nitrogen and oxygen atoms in total. The molecule has 1 fully saturated rings. The highest BCUT2D eigenvalue weighted by Crippen LogP contribution is 2.22. The first kappa shape index (κ1) is 18.9. The van der Waals surface area contributed by atoms with Crippen molar-refractivity contribution in [2.45, 2.75) is 32.2 Å². The van der Waals surface area contributed by atoms with Gasteiger partial charge in [-0.2, -0.15) is 5.10 Å². The third-order valence-electron chi connectivity index (χ3n) is 5.31. The lowest BCUT2D eigenvalue weighted by Crippen LogP contribution is -2.44. The van der Waals surface area contributed by atoms with Gasteiger partial charge < -0.3 is 9.64 Å². The normalized spacial score (nSPS) is 14.9. The molecule has 0 aliphatic carbocycles. The molecule has 1 saturated heterocycles. The molecule has 28 heavy (non-hydrogen) atoms. The monoisotopic (exact) mass is 395 g/mol. The Morgan fingerprint density at radius 1 is 1.21 bits per heavy atom. The largest absolute Gasteiger partial charge is 0.381 e. The average Bonchev–Trinajstić information content (AvgIpc) is 3.39. The predicted octanol–water partition coefficient (Wildman–Crippen LogP) is 4.11. The van der Waals surface area contributed by atoms with Gasteiger partial charge in [-0.05, 0) is 49.8 Å². The van der Waals surface area contributed by atoms with Gasteiger partial charge in [0.05, 0.1) is 23.1 Å². The van der Waals surface area contributed by atoms with Crippen LogP contribution in [0.3, 0.4) is 0 Å². The molecular formula is C22H25N3O2S. The zero-order chi connectivity index (χ0) is 19.3. The molecule has 0 atom stereocenters. The first-order chi connectivity index (χ1) is 13.7. The molecule has 1 aliphatic rings. The van der Waals surface area contributed by atoms with Crippen LogP contribution in [0.2, 0.25) is 0 Å². The number of carbonyl (C=O) groups is 1. The van der Waals surface area contributed by atoms with Crippen molar-refractivity contribution in [3.8, 4) is 5.69 Å². The Labute approximate surface area is 169 Å². The third kappa shape index (κ3) is 4.03. The maximum atomic E-state index is 13.5. The number of hydrogen-bond acceptors (Lipinski definition) is 4. The van der Waals surface area contributed by atoms with E-state index in [0.29, 0.717) is 5.56 Å². The Kier molecular flexibility index (Phi) is 5.88. The summed E-state index contributed by atoms with van der Waals surface area (Å²) in [6.45, 7) is 4.13. The van der Waals surface area contributed by atoms with Crippen LogP contribution in [-0.4, -0.2) is 46.4 Å². The number of para-hydroxylation sites is 1. The molecule has 0 N–H and O–H groups in total. The maximum absolute atomic E-state index is 13.5. The first-order valence-corrected chi connectivity index (χ1v) is 10.6. The van der Waals surface area contributed by atoms with Gasteiger partial charge in [0.15, 0.2) is 0 Å². The first-order valence-electron chi connectivity index (χ1n) is 9.75. The number of benzene rings is 1. The minimum atomic E-state index is 0.0723. The van der Waals surface area contributed by atoms with E-state index in [1.54, 1.807) is 17.5 Å². The van der Waals surface area contributed by atoms with Crippen LogP contribution < -0.4 is 0 Å². The summed E-state index contributed by atoms with van der Waals surface area (Å²) >= 11 is 1.74. The Morgan fingerprint density at radius 3 is 2.71 bits per heavy atom. The van der Waals surface area contributed by atoms with Gasteiger partial charge in [0.1, 0.15) is 0 Å². The highest BCUT2D eigenvalue weighted by Gasteiger charge is 2.28. The van der Waals surface area contributed by atoms with E-state index in [2.05, 4.69) is 22.6 Å². The smallest absolute Gasteiger partial charge is 0.257 e. The average molecular weight is 396 g/mol. The van der Waals surface area contributed by atoms with E-state index in [-0.39, 0.29) is 11.9 Å². The van der Waals surface area contributed by atoms with Crippen LogP contribution in [0.1, 0.15) is 33.8 Å². The molecule has 0 saturated carbocycles. The van der Waals surface area contributed by atoms with Crippen molar-refractivity contribution in [1.82, 2.24) is 14.7 Å². The lowest BCUT2D eigenvalue weighted by Gasteiger charge is -2.34. The van der Waals surface area contributed by atoms with E-state index in [9.17, 15) is 4.79 Å². The van der Waals surface area contributed by atoms with E-state index < -0.39 is 0 Å². The van der Waals surface area contributed by atoms with Crippen LogP contribution in [-0.2, 0) is 11.2 Å². The van der Waals surface area contributed by atoms with Crippen molar-refractivity contribution >= 4 is 17.2 Å². The summed E-state index contributed by atoms with van der Waals surface area (Å²) in [5, 5.41) is 6.58. The SMILES string of the molecule is Cc1c(C(=O)N(CCc2cccs2)C2CCOCC2)cnn1-c1ccccc1. The number of amides is 1. The van der Waals surface area contributed by atoms with Crippen molar-refractivity contribution < 1.29 is 9.53 Å². The minimum absolute atomic E-state index is 0.0723. The minimum Gasteiger partial charge on any atom is -0.381 e. The van der Waals surface area contributed by atoms with Crippen molar-refractivity contribution in [3.05, 3.63) is 70.2 Å². The quantitative estimate of drug-likeness (QED) is 0.631. The molecule has 2 aromatic heterocycles. The van der Waals surface area contributed by atoms with Gasteiger partial charge in [-0.25, -0.2) is 4.68 Å². The predicted molar refractivity (Wildman–Crippen MR) is 111 cm³/mol. The second kappa shape index (κ2) is 8.71. The van der Waals surface area contributed by atoms with Gasteiger partial charge in [0.2, 0.25) is 0 Å². The lowest BCUT2D eigenvalue weighted by molar-refractivity contribution is 0.0293. The van der Waals surface area contributed by atoms with Crippen LogP contribution in [0.25, 0.3) is 5.69 Å². The Bertz CT molecular complexity index is 899. The molecule has 4 rings (SSSR count). The lowest BCUT2D eigenvalue weighted by atomic mass is 10.0. The summed E-state index contributed by atoms with van der Waals surface area (Å²) in [7, 11) is 0. The summed E-state index contributed by atoms with van der Waals surface area (Å²) in [4.78, 5) is 16.9. The van der Waals surface area contributed by atoms with Gasteiger partial charge in [0, 0.05) is 30.7 Å². The Balaban J connectivity index is 1.58. The van der Waals surface area contributed by atoms with Gasteiger partial charge in [0.25, 0.3) is 5.91 Å². The molecule has 0 unspecified atom stereocenters. The molecule has 1 aromatic carbocycles. The van der Waals surface area contributed by atoms with Crippen LogP contribution in [0.5, 0.6) is 0 Å². The van der Waals surface area contributed by atoms with E-state index in [1.807, 2.05) is 46.8 Å². The molecule has 0 radical (unpaired) electrons. The van der Waals surface area contributed by atoms with Crippen molar-refractivity contribution in [1.29, 1.82) is 0 Å². The molecule has 146 valence electrons. The van der Waals surface area contributed by atoms with Crippen molar-refractivity contribution in [2.24, 2.45) is 0 Å². The van der Waals surface area contributed by atoms with E-state index in [1.165, 1.54) is 4.88 Å². The third-order valence-corrected chi connectivity index (χ3v) is 6.25. The van der Waals surface area contributed by atoms with Crippen LogP contribution >= 0.6 is 11.3 Å². The van der Waals surface area contributed by atoms with Crippen molar-refractivity contribution in [3.63, 3.8) is 0 Å². The Hall–Kier alpha value is -2.44.